The number of hydrogen-bond donors (Lipinski definition) is 5. The molecule has 5 N–H and O–H groups in total. The maximum atomic E-state index is 13.5. The number of aliphatic hydroxyl groups excluding tert-OH is 1. The molecule has 0 fully saturated rings. The average Bonchev–Trinajstić information content (AvgIpc) is 3.49. The van der Waals surface area contributed by atoms with Crippen LogP contribution >= 0.6 is 11.3 Å². The van der Waals surface area contributed by atoms with Gasteiger partial charge in [0.25, 0.3) is 11.8 Å². The normalized spacial score (nSPS) is 13.7. The lowest BCUT2D eigenvalue weighted by atomic mass is 9.92. The first kappa shape index (κ1) is 38.2. The van der Waals surface area contributed by atoms with Crippen LogP contribution in [0.15, 0.2) is 53.9 Å². The summed E-state index contributed by atoms with van der Waals surface area (Å²) in [4.78, 5) is 56.8. The van der Waals surface area contributed by atoms with Gasteiger partial charge < -0.3 is 31.1 Å². The van der Waals surface area contributed by atoms with Crippen LogP contribution in [0.5, 0.6) is 5.75 Å². The van der Waals surface area contributed by atoms with Crippen molar-refractivity contribution in [1.29, 1.82) is 0 Å². The van der Waals surface area contributed by atoms with Gasteiger partial charge in [0.05, 0.1) is 25.8 Å². The van der Waals surface area contributed by atoms with Crippen LogP contribution in [-0.4, -0.2) is 65.6 Å². The third-order valence-electron chi connectivity index (χ3n) is 7.82. The van der Waals surface area contributed by atoms with Crippen LogP contribution in [0.4, 0.5) is 0 Å². The van der Waals surface area contributed by atoms with Gasteiger partial charge in [-0.1, -0.05) is 52.8 Å². The molecule has 260 valence electrons. The number of benzene rings is 2. The topological polar surface area (TPSA) is 159 Å². The maximum Gasteiger partial charge on any atom is 0.251 e. The molecule has 1 aromatic heterocycles. The predicted molar refractivity (Wildman–Crippen MR) is 187 cm³/mol. The number of nitrogens with zero attached hydrogens (tertiary/aromatic N) is 1. The monoisotopic (exact) mass is 679 g/mol. The van der Waals surface area contributed by atoms with Gasteiger partial charge >= 0.3 is 0 Å². The molecule has 3 rings (SSSR count). The lowest BCUT2D eigenvalue weighted by molar-refractivity contribution is -0.132. The Hall–Kier alpha value is -4.29. The first-order chi connectivity index (χ1) is 22.8. The zero-order chi connectivity index (χ0) is 35.4. The molecule has 2 aromatic carbocycles. The number of hydrogen-bond acceptors (Lipinski definition) is 8. The molecule has 3 aromatic rings. The van der Waals surface area contributed by atoms with Crippen LogP contribution in [0.3, 0.4) is 0 Å². The van der Waals surface area contributed by atoms with E-state index in [1.165, 1.54) is 17.4 Å². The van der Waals surface area contributed by atoms with Crippen molar-refractivity contribution in [2.45, 2.75) is 79.1 Å². The van der Waals surface area contributed by atoms with Gasteiger partial charge in [-0.15, -0.1) is 11.3 Å². The Bertz CT molecular complexity index is 1520. The van der Waals surface area contributed by atoms with Crippen molar-refractivity contribution in [2.24, 2.45) is 17.8 Å². The molecule has 4 atom stereocenters. The maximum absolute atomic E-state index is 13.5. The summed E-state index contributed by atoms with van der Waals surface area (Å²) in [5.41, 5.74) is 2.28. The van der Waals surface area contributed by atoms with Gasteiger partial charge in [0, 0.05) is 34.7 Å². The van der Waals surface area contributed by atoms with Gasteiger partial charge in [0.15, 0.2) is 0 Å². The number of aromatic nitrogens is 1. The summed E-state index contributed by atoms with van der Waals surface area (Å²) in [7, 11) is 1.57. The summed E-state index contributed by atoms with van der Waals surface area (Å²) in [6, 6.07) is 12.1. The van der Waals surface area contributed by atoms with Gasteiger partial charge in [-0.05, 0) is 67.5 Å². The highest BCUT2D eigenvalue weighted by molar-refractivity contribution is 7.09. The van der Waals surface area contributed by atoms with Gasteiger partial charge in [0.2, 0.25) is 11.8 Å². The van der Waals surface area contributed by atoms with Crippen LogP contribution in [0.2, 0.25) is 0 Å². The lowest BCUT2D eigenvalue weighted by Gasteiger charge is -2.28. The van der Waals surface area contributed by atoms with Crippen molar-refractivity contribution in [3.63, 3.8) is 0 Å². The molecule has 4 unspecified atom stereocenters. The summed E-state index contributed by atoms with van der Waals surface area (Å²) in [5.74, 6) is -1.31. The molecule has 0 saturated carbocycles. The number of carbonyl (C=O) groups excluding carboxylic acids is 4. The van der Waals surface area contributed by atoms with Gasteiger partial charge in [0.1, 0.15) is 16.8 Å². The van der Waals surface area contributed by atoms with Crippen LogP contribution in [0.1, 0.15) is 78.0 Å². The molecule has 0 radical (unpaired) electrons. The molecule has 48 heavy (non-hydrogen) atoms. The zero-order valence-corrected chi connectivity index (χ0v) is 29.6. The minimum absolute atomic E-state index is 0.0318. The number of rotatable bonds is 17. The number of methoxy groups -OCH3 is 1. The number of nitrogens with one attached hydrogen (secondary N) is 4. The van der Waals surface area contributed by atoms with Crippen molar-refractivity contribution in [3.8, 4) is 5.75 Å². The molecular weight excluding hydrogens is 630 g/mol. The van der Waals surface area contributed by atoms with E-state index in [0.717, 1.165) is 16.3 Å². The molecule has 12 heteroatoms. The fourth-order valence-electron chi connectivity index (χ4n) is 4.97. The summed E-state index contributed by atoms with van der Waals surface area (Å²) in [6.45, 7) is 12.1. The van der Waals surface area contributed by atoms with Crippen LogP contribution in [0.25, 0.3) is 0 Å². The molecule has 0 aliphatic heterocycles. The molecule has 0 aliphatic carbocycles. The van der Waals surface area contributed by atoms with Crippen molar-refractivity contribution in [2.75, 3.05) is 13.7 Å². The van der Waals surface area contributed by atoms with E-state index in [0.29, 0.717) is 17.9 Å². The second kappa shape index (κ2) is 18.3. The standard InChI is InChI=1S/C36H49N5O6S/c1-21(2)18-37-36(46)32(22(3)4)41-33(43)23(5)15-30(42)29(16-25-11-13-28(47-7)14-12-25)40-35(45)27-10-8-9-26(17-27)34(44)38-19-31-39-24(6)20-48-31/h8-14,17,20-23,29-30,32,42H,15-16,18-19H2,1-7H3,(H,37,46)(H,38,44)(H,40,45)(H,41,43). The number of aryl methyl sites for hydroxylation is 1. The van der Waals surface area contributed by atoms with Crippen LogP contribution < -0.4 is 26.0 Å². The van der Waals surface area contributed by atoms with E-state index in [-0.39, 0.29) is 54.5 Å². The molecular formula is C36H49N5O6S. The Morgan fingerprint density at radius 1 is 0.896 bits per heavy atom. The Morgan fingerprint density at radius 2 is 1.56 bits per heavy atom. The van der Waals surface area contributed by atoms with Gasteiger partial charge in [-0.25, -0.2) is 4.98 Å². The second-order valence-corrected chi connectivity index (χ2v) is 13.8. The minimum atomic E-state index is -1.11. The highest BCUT2D eigenvalue weighted by atomic mass is 32.1. The van der Waals surface area contributed by atoms with Crippen molar-refractivity contribution < 1.29 is 29.0 Å². The largest absolute Gasteiger partial charge is 0.497 e. The second-order valence-electron chi connectivity index (χ2n) is 12.9. The zero-order valence-electron chi connectivity index (χ0n) is 28.8. The van der Waals surface area contributed by atoms with Crippen molar-refractivity contribution in [3.05, 3.63) is 81.3 Å². The Balaban J connectivity index is 1.73. The summed E-state index contributed by atoms with van der Waals surface area (Å²) in [5, 5.41) is 25.6. The van der Waals surface area contributed by atoms with E-state index >= 15 is 0 Å². The molecule has 4 amide bonds. The smallest absolute Gasteiger partial charge is 0.251 e. The minimum Gasteiger partial charge on any atom is -0.497 e. The SMILES string of the molecule is COc1ccc(CC(NC(=O)c2cccc(C(=O)NCc3nc(C)cs3)c2)C(O)CC(C)C(=O)NC(C(=O)NCC(C)C)C(C)C)cc1. The molecule has 11 nitrogen and oxygen atoms in total. The number of carbonyl (C=O) groups is 4. The van der Waals surface area contributed by atoms with E-state index in [1.54, 1.807) is 44.4 Å². The third-order valence-corrected chi connectivity index (χ3v) is 8.79. The quantitative estimate of drug-likeness (QED) is 0.144. The molecule has 0 bridgehead atoms. The van der Waals surface area contributed by atoms with Crippen molar-refractivity contribution >= 4 is 35.0 Å². The van der Waals surface area contributed by atoms with E-state index in [4.69, 9.17) is 4.74 Å². The number of ether oxygens (including phenoxy) is 1. The highest BCUT2D eigenvalue weighted by Gasteiger charge is 2.30. The summed E-state index contributed by atoms with van der Waals surface area (Å²) < 4.78 is 5.26. The molecule has 0 spiro atoms. The van der Waals surface area contributed by atoms with Crippen molar-refractivity contribution in [1.82, 2.24) is 26.3 Å². The number of amides is 4. The Kier molecular flexibility index (Phi) is 14.6. The lowest BCUT2D eigenvalue weighted by Crippen LogP contribution is -2.52. The van der Waals surface area contributed by atoms with E-state index in [9.17, 15) is 24.3 Å². The van der Waals surface area contributed by atoms with Gasteiger partial charge in [-0.2, -0.15) is 0 Å². The van der Waals surface area contributed by atoms with E-state index in [2.05, 4.69) is 26.3 Å². The highest BCUT2D eigenvalue weighted by Crippen LogP contribution is 2.18. The molecule has 1 heterocycles. The first-order valence-electron chi connectivity index (χ1n) is 16.3. The average molecular weight is 680 g/mol. The summed E-state index contributed by atoms with van der Waals surface area (Å²) in [6.07, 6.45) is -0.813. The van der Waals surface area contributed by atoms with Crippen LogP contribution in [0, 0.1) is 24.7 Å². The summed E-state index contributed by atoms with van der Waals surface area (Å²) >= 11 is 1.46. The van der Waals surface area contributed by atoms with Gasteiger partial charge in [-0.3, -0.25) is 19.2 Å². The fraction of sp³-hybridized carbons (Fsp3) is 0.472. The van der Waals surface area contributed by atoms with E-state index < -0.39 is 30.0 Å². The Morgan fingerprint density at radius 3 is 2.15 bits per heavy atom. The molecule has 0 saturated heterocycles. The predicted octanol–water partition coefficient (Wildman–Crippen LogP) is 4.03. The number of aliphatic hydroxyl groups is 1. The van der Waals surface area contributed by atoms with E-state index in [1.807, 2.05) is 52.1 Å². The van der Waals surface area contributed by atoms with Crippen LogP contribution in [-0.2, 0) is 22.6 Å². The molecule has 0 aliphatic rings. The fourth-order valence-corrected chi connectivity index (χ4v) is 5.68. The number of thiazole rings is 1. The third kappa shape index (κ3) is 11.7. The Labute approximate surface area is 287 Å². The first-order valence-corrected chi connectivity index (χ1v) is 17.1.